The van der Waals surface area contributed by atoms with Gasteiger partial charge in [0.25, 0.3) is 0 Å². The monoisotopic (exact) mass is 461 g/mol. The number of aryl methyl sites for hydroxylation is 1. The minimum Gasteiger partial charge on any atom is -0.383 e. The maximum absolute atomic E-state index is 13.2. The summed E-state index contributed by atoms with van der Waals surface area (Å²) in [5.41, 5.74) is 0.647. The van der Waals surface area contributed by atoms with Gasteiger partial charge in [0, 0.05) is 13.7 Å². The Morgan fingerprint density at radius 2 is 1.94 bits per heavy atom. The van der Waals surface area contributed by atoms with Crippen LogP contribution in [-0.2, 0) is 22.1 Å². The van der Waals surface area contributed by atoms with Crippen LogP contribution in [0, 0.1) is 0 Å². The molecule has 1 amide bonds. The van der Waals surface area contributed by atoms with E-state index >= 15 is 0 Å². The van der Waals surface area contributed by atoms with Crippen LogP contribution in [0.15, 0.2) is 61.2 Å². The van der Waals surface area contributed by atoms with Crippen molar-refractivity contribution >= 4 is 11.6 Å². The normalized spacial score (nSPS) is 11.7. The molecule has 10 heteroatoms. The Bertz CT molecular complexity index is 1010. The van der Waals surface area contributed by atoms with Crippen molar-refractivity contribution in [3.05, 3.63) is 72.3 Å². The molecule has 2 aromatic carbocycles. The van der Waals surface area contributed by atoms with Gasteiger partial charge in [0.2, 0.25) is 5.91 Å². The molecule has 1 aromatic heterocycles. The minimum atomic E-state index is -4.54. The van der Waals surface area contributed by atoms with Gasteiger partial charge in [-0.25, -0.2) is 9.67 Å². The van der Waals surface area contributed by atoms with Crippen molar-refractivity contribution in [2.24, 2.45) is 0 Å². The van der Waals surface area contributed by atoms with E-state index in [4.69, 9.17) is 4.74 Å². The van der Waals surface area contributed by atoms with Crippen molar-refractivity contribution in [2.45, 2.75) is 19.0 Å². The van der Waals surface area contributed by atoms with E-state index in [0.717, 1.165) is 25.0 Å². The molecule has 0 aliphatic carbocycles. The Morgan fingerprint density at radius 1 is 1.15 bits per heavy atom. The second-order valence-electron chi connectivity index (χ2n) is 7.48. The van der Waals surface area contributed by atoms with Gasteiger partial charge < -0.3 is 10.1 Å². The van der Waals surface area contributed by atoms with Crippen molar-refractivity contribution in [2.75, 3.05) is 38.7 Å². The molecular weight excluding hydrogens is 435 g/mol. The molecule has 1 heterocycles. The summed E-state index contributed by atoms with van der Waals surface area (Å²) >= 11 is 0. The Labute approximate surface area is 190 Å². The zero-order chi connectivity index (χ0) is 23.7. The lowest BCUT2D eigenvalue weighted by Crippen LogP contribution is -2.36. The molecule has 0 aliphatic rings. The van der Waals surface area contributed by atoms with E-state index in [1.54, 1.807) is 7.11 Å². The van der Waals surface area contributed by atoms with Gasteiger partial charge in [0.05, 0.1) is 30.1 Å². The number of amides is 1. The Hall–Kier alpha value is -3.24. The van der Waals surface area contributed by atoms with Crippen molar-refractivity contribution in [1.29, 1.82) is 0 Å². The average Bonchev–Trinajstić information content (AvgIpc) is 3.32. The van der Waals surface area contributed by atoms with E-state index < -0.39 is 17.6 Å². The predicted molar refractivity (Wildman–Crippen MR) is 118 cm³/mol. The molecule has 0 spiro atoms. The SMILES string of the molecule is COCCN(CCCc1ccccc1)CC(=O)Nc1cc(C(F)(F)F)ccc1-n1cncn1. The van der Waals surface area contributed by atoms with Crippen LogP contribution in [0.3, 0.4) is 0 Å². The molecular formula is C23H26F3N5O2. The number of hydrogen-bond acceptors (Lipinski definition) is 5. The summed E-state index contributed by atoms with van der Waals surface area (Å²) in [7, 11) is 1.58. The maximum atomic E-state index is 13.2. The second-order valence-corrected chi connectivity index (χ2v) is 7.48. The third-order valence-corrected chi connectivity index (χ3v) is 5.03. The molecule has 0 radical (unpaired) electrons. The van der Waals surface area contributed by atoms with Crippen molar-refractivity contribution in [3.8, 4) is 5.69 Å². The van der Waals surface area contributed by atoms with Gasteiger partial charge in [-0.05, 0) is 43.1 Å². The standard InChI is InChI=1S/C23H26F3N5O2/c1-33-13-12-30(11-5-8-18-6-3-2-4-7-18)15-22(32)29-20-14-19(23(24,25)26)9-10-21(20)31-17-27-16-28-31/h2-4,6-7,9-10,14,16-17H,5,8,11-13,15H2,1H3,(H,29,32). The second kappa shape index (κ2) is 11.6. The van der Waals surface area contributed by atoms with Gasteiger partial charge in [0.1, 0.15) is 12.7 Å². The van der Waals surface area contributed by atoms with E-state index in [-0.39, 0.29) is 12.2 Å². The number of aromatic nitrogens is 3. The van der Waals surface area contributed by atoms with Crippen LogP contribution in [0.2, 0.25) is 0 Å². The maximum Gasteiger partial charge on any atom is 0.416 e. The van der Waals surface area contributed by atoms with Crippen molar-refractivity contribution in [3.63, 3.8) is 0 Å². The number of anilines is 1. The van der Waals surface area contributed by atoms with Crippen LogP contribution in [-0.4, -0.2) is 58.9 Å². The Morgan fingerprint density at radius 3 is 2.61 bits per heavy atom. The fourth-order valence-electron chi connectivity index (χ4n) is 3.38. The molecule has 0 bridgehead atoms. The number of alkyl halides is 3. The molecule has 0 aliphatic heterocycles. The van der Waals surface area contributed by atoms with Crippen LogP contribution >= 0.6 is 0 Å². The molecule has 0 atom stereocenters. The molecule has 0 fully saturated rings. The Balaban J connectivity index is 1.69. The van der Waals surface area contributed by atoms with E-state index in [2.05, 4.69) is 15.4 Å². The Kier molecular flexibility index (Phi) is 8.56. The number of methoxy groups -OCH3 is 1. The number of benzene rings is 2. The first-order chi connectivity index (χ1) is 15.9. The molecule has 1 N–H and O–H groups in total. The lowest BCUT2D eigenvalue weighted by molar-refractivity contribution is -0.137. The molecule has 33 heavy (non-hydrogen) atoms. The lowest BCUT2D eigenvalue weighted by atomic mass is 10.1. The van der Waals surface area contributed by atoms with Gasteiger partial charge >= 0.3 is 6.18 Å². The topological polar surface area (TPSA) is 72.3 Å². The number of hydrogen-bond donors (Lipinski definition) is 1. The average molecular weight is 461 g/mol. The highest BCUT2D eigenvalue weighted by Gasteiger charge is 2.31. The van der Waals surface area contributed by atoms with Crippen molar-refractivity contribution < 1.29 is 22.7 Å². The van der Waals surface area contributed by atoms with E-state index in [1.807, 2.05) is 35.2 Å². The van der Waals surface area contributed by atoms with Crippen molar-refractivity contribution in [1.82, 2.24) is 19.7 Å². The van der Waals surface area contributed by atoms with E-state index in [1.165, 1.54) is 29.0 Å². The van der Waals surface area contributed by atoms with E-state index in [0.29, 0.717) is 25.4 Å². The zero-order valence-corrected chi connectivity index (χ0v) is 18.3. The summed E-state index contributed by atoms with van der Waals surface area (Å²) in [6, 6.07) is 13.1. The van der Waals surface area contributed by atoms with Crippen LogP contribution in [0.5, 0.6) is 0 Å². The third kappa shape index (κ3) is 7.40. The molecule has 176 valence electrons. The summed E-state index contributed by atoms with van der Waals surface area (Å²) in [6.07, 6.45) is -0.234. The number of carbonyl (C=O) groups is 1. The summed E-state index contributed by atoms with van der Waals surface area (Å²) in [4.78, 5) is 18.5. The summed E-state index contributed by atoms with van der Waals surface area (Å²) in [6.45, 7) is 1.62. The lowest BCUT2D eigenvalue weighted by Gasteiger charge is -2.22. The minimum absolute atomic E-state index is 0.0105. The predicted octanol–water partition coefficient (Wildman–Crippen LogP) is 3.81. The first-order valence-electron chi connectivity index (χ1n) is 10.5. The fraction of sp³-hybridized carbons (Fsp3) is 0.348. The number of ether oxygens (including phenoxy) is 1. The molecule has 7 nitrogen and oxygen atoms in total. The van der Waals surface area contributed by atoms with Gasteiger partial charge in [-0.1, -0.05) is 30.3 Å². The van der Waals surface area contributed by atoms with E-state index in [9.17, 15) is 18.0 Å². The number of nitrogens with one attached hydrogen (secondary N) is 1. The summed E-state index contributed by atoms with van der Waals surface area (Å²) in [5, 5.41) is 6.58. The largest absolute Gasteiger partial charge is 0.416 e. The summed E-state index contributed by atoms with van der Waals surface area (Å²) in [5.74, 6) is -0.425. The number of carbonyl (C=O) groups excluding carboxylic acids is 1. The molecule has 3 aromatic rings. The molecule has 0 unspecified atom stereocenters. The van der Waals surface area contributed by atoms with Crippen LogP contribution in [0.25, 0.3) is 5.69 Å². The van der Waals surface area contributed by atoms with Crippen LogP contribution in [0.4, 0.5) is 18.9 Å². The molecule has 0 saturated carbocycles. The summed E-state index contributed by atoms with van der Waals surface area (Å²) < 4.78 is 46.2. The fourth-order valence-corrected chi connectivity index (χ4v) is 3.38. The smallest absolute Gasteiger partial charge is 0.383 e. The van der Waals surface area contributed by atoms with Gasteiger partial charge in [-0.3, -0.25) is 9.69 Å². The quantitative estimate of drug-likeness (QED) is 0.470. The van der Waals surface area contributed by atoms with Crippen LogP contribution in [0.1, 0.15) is 17.5 Å². The number of halogens is 3. The van der Waals surface area contributed by atoms with Gasteiger partial charge in [-0.15, -0.1) is 0 Å². The van der Waals surface area contributed by atoms with Gasteiger partial charge in [0.15, 0.2) is 0 Å². The first-order valence-corrected chi connectivity index (χ1v) is 10.5. The molecule has 0 saturated heterocycles. The highest BCUT2D eigenvalue weighted by molar-refractivity contribution is 5.94. The third-order valence-electron chi connectivity index (χ3n) is 5.03. The first kappa shape index (κ1) is 24.4. The molecule has 3 rings (SSSR count). The highest BCUT2D eigenvalue weighted by atomic mass is 19.4. The number of rotatable bonds is 11. The van der Waals surface area contributed by atoms with Crippen LogP contribution < -0.4 is 5.32 Å². The zero-order valence-electron chi connectivity index (χ0n) is 18.3. The number of nitrogens with zero attached hydrogens (tertiary/aromatic N) is 4. The highest BCUT2D eigenvalue weighted by Crippen LogP contribution is 2.33. The van der Waals surface area contributed by atoms with Gasteiger partial charge in [-0.2, -0.15) is 18.3 Å².